The number of hydrogen-bond donors (Lipinski definition) is 0. The summed E-state index contributed by atoms with van der Waals surface area (Å²) in [7, 11) is 0. The van der Waals surface area contributed by atoms with Crippen LogP contribution in [-0.2, 0) is 14.4 Å². The van der Waals surface area contributed by atoms with Crippen molar-refractivity contribution in [3.8, 4) is 52.5 Å². The molecule has 15 heteroatoms. The van der Waals surface area contributed by atoms with Gasteiger partial charge in [0, 0.05) is 92.7 Å². The maximum Gasteiger partial charge on any atom is 0.428 e. The number of anilines is 3. The van der Waals surface area contributed by atoms with Gasteiger partial charge in [0.15, 0.2) is 0 Å². The van der Waals surface area contributed by atoms with Crippen LogP contribution in [0.25, 0.3) is 35.3 Å². The molecule has 0 spiro atoms. The molecule has 7 rings (SSSR count). The monoisotopic (exact) mass is 1040 g/mol. The SMILES string of the molecule is CCN(CC)c1ccc(/C=C(\C#N)C(=O)Oc2ccc(-[n+]3c[n+](-c4ccc(OC(=O)/C(C#N)=C/c5ccc(N(CC)CC)cc5)cc4)c[n+](-c4ccc(OC(=O)/C(C#N)=C/c5ccc(N(CC)CC)cc5)cc4)c3)cc2)cc1. The van der Waals surface area contributed by atoms with Gasteiger partial charge in [0.05, 0.1) is 0 Å². The first-order valence-electron chi connectivity index (χ1n) is 25.7. The molecule has 390 valence electrons. The topological polar surface area (TPSA) is 172 Å². The van der Waals surface area contributed by atoms with Crippen LogP contribution in [-0.4, -0.2) is 57.2 Å². The van der Waals surface area contributed by atoms with Gasteiger partial charge >= 0.3 is 36.9 Å². The number of nitriles is 3. The quantitative estimate of drug-likeness (QED) is 0.0220. The largest absolute Gasteiger partial charge is 0.428 e. The molecule has 1 aromatic heterocycles. The van der Waals surface area contributed by atoms with Crippen LogP contribution in [0.5, 0.6) is 17.2 Å². The van der Waals surface area contributed by atoms with E-state index in [2.05, 4.69) is 56.2 Å². The van der Waals surface area contributed by atoms with Crippen LogP contribution in [0.2, 0.25) is 0 Å². The number of esters is 3. The van der Waals surface area contributed by atoms with Crippen LogP contribution < -0.4 is 42.6 Å². The van der Waals surface area contributed by atoms with Gasteiger partial charge in [-0.15, -0.1) is 0 Å². The van der Waals surface area contributed by atoms with Gasteiger partial charge in [0.25, 0.3) is 0 Å². The van der Waals surface area contributed by atoms with E-state index in [-0.39, 0.29) is 34.0 Å². The van der Waals surface area contributed by atoms with E-state index in [9.17, 15) is 30.2 Å². The van der Waals surface area contributed by atoms with Gasteiger partial charge in [-0.2, -0.15) is 15.8 Å². The lowest BCUT2D eigenvalue weighted by Gasteiger charge is -2.20. The molecule has 0 aliphatic carbocycles. The van der Waals surface area contributed by atoms with Crippen molar-refractivity contribution in [2.45, 2.75) is 41.5 Å². The Balaban J connectivity index is 1.13. The summed E-state index contributed by atoms with van der Waals surface area (Å²) in [6.07, 6.45) is 9.92. The first kappa shape index (κ1) is 55.6. The summed E-state index contributed by atoms with van der Waals surface area (Å²) >= 11 is 0. The van der Waals surface area contributed by atoms with E-state index in [1.807, 2.05) is 124 Å². The third-order valence-corrected chi connectivity index (χ3v) is 12.8. The zero-order valence-electron chi connectivity index (χ0n) is 44.5. The summed E-state index contributed by atoms with van der Waals surface area (Å²) < 4.78 is 22.5. The number of carbonyl (C=O) groups excluding carboxylic acids is 3. The Morgan fingerprint density at radius 3 is 0.782 bits per heavy atom. The highest BCUT2D eigenvalue weighted by molar-refractivity contribution is 6.00. The first-order valence-corrected chi connectivity index (χ1v) is 25.7. The summed E-state index contributed by atoms with van der Waals surface area (Å²) in [6, 6.07) is 49.0. The van der Waals surface area contributed by atoms with E-state index in [1.165, 1.54) is 18.2 Å². The van der Waals surface area contributed by atoms with Crippen molar-refractivity contribution in [1.82, 2.24) is 0 Å². The summed E-state index contributed by atoms with van der Waals surface area (Å²) in [5.74, 6) is -1.74. The fraction of sp³-hybridized carbons (Fsp3) is 0.190. The molecule has 0 atom stereocenters. The van der Waals surface area contributed by atoms with E-state index in [0.29, 0.717) is 33.8 Å². The molecule has 0 unspecified atom stereocenters. The van der Waals surface area contributed by atoms with Crippen LogP contribution in [0.3, 0.4) is 0 Å². The number of carbonyl (C=O) groups is 3. The number of nitrogens with zero attached hydrogens (tertiary/aromatic N) is 9. The summed E-state index contributed by atoms with van der Waals surface area (Å²) in [5.41, 5.74) is 6.69. The second kappa shape index (κ2) is 26.9. The lowest BCUT2D eigenvalue weighted by Crippen LogP contribution is -2.55. The van der Waals surface area contributed by atoms with Crippen molar-refractivity contribution in [3.63, 3.8) is 0 Å². The number of rotatable bonds is 21. The molecular weight excluding hydrogens is 979 g/mol. The van der Waals surface area contributed by atoms with E-state index in [4.69, 9.17) is 14.2 Å². The van der Waals surface area contributed by atoms with Gasteiger partial charge in [-0.05, 0) is 149 Å². The fourth-order valence-corrected chi connectivity index (χ4v) is 8.46. The van der Waals surface area contributed by atoms with Crippen molar-refractivity contribution in [2.75, 3.05) is 54.0 Å². The molecule has 0 radical (unpaired) electrons. The van der Waals surface area contributed by atoms with Crippen LogP contribution in [0, 0.1) is 34.0 Å². The molecule has 0 fully saturated rings. The van der Waals surface area contributed by atoms with Gasteiger partial charge in [-0.25, -0.2) is 14.4 Å². The maximum absolute atomic E-state index is 13.3. The van der Waals surface area contributed by atoms with Crippen molar-refractivity contribution < 1.29 is 42.3 Å². The average molecular weight is 1040 g/mol. The summed E-state index contributed by atoms with van der Waals surface area (Å²) in [5, 5.41) is 29.7. The molecule has 0 N–H and O–H groups in total. The Kier molecular flexibility index (Phi) is 19.1. The smallest absolute Gasteiger partial charge is 0.422 e. The Bertz CT molecular complexity index is 3070. The minimum atomic E-state index is -0.800. The third-order valence-electron chi connectivity index (χ3n) is 12.8. The molecule has 15 nitrogen and oxygen atoms in total. The molecule has 0 bridgehead atoms. The summed E-state index contributed by atoms with van der Waals surface area (Å²) in [6.45, 7) is 17.6. The zero-order chi connectivity index (χ0) is 55.6. The van der Waals surface area contributed by atoms with Crippen LogP contribution in [0.4, 0.5) is 17.1 Å². The van der Waals surface area contributed by atoms with Crippen molar-refractivity contribution in [2.24, 2.45) is 0 Å². The van der Waals surface area contributed by atoms with Gasteiger partial charge in [0.2, 0.25) is 17.1 Å². The van der Waals surface area contributed by atoms with E-state index in [0.717, 1.165) is 56.3 Å². The van der Waals surface area contributed by atoms with Crippen LogP contribution >= 0.6 is 0 Å². The molecule has 0 amide bonds. The Morgan fingerprint density at radius 1 is 0.372 bits per heavy atom. The number of benzene rings is 6. The standard InChI is InChI=1S/C63H60N9O6/c1-7-67(8-2)52-19-13-46(14-20-52)37-49(40-64)61(73)76-58-31-25-55(26-32-58)70-43-71(56-27-33-59(34-28-56)77-62(74)50(41-65)38-47-15-21-53(22-16-47)68(9-3)10-4)45-72(44-70)57-29-35-60(36-30-57)78-63(75)51(42-66)39-48-17-23-54(24-18-48)69(11-5)12-6/h13-39,43-45H,7-12H2,1-6H3/q+3/b49-37+,50-38+,51-39+. The predicted octanol–water partition coefficient (Wildman–Crippen LogP) is 9.59. The second-order valence-electron chi connectivity index (χ2n) is 17.5. The van der Waals surface area contributed by atoms with Gasteiger partial charge in [-0.3, -0.25) is 0 Å². The van der Waals surface area contributed by atoms with Crippen molar-refractivity contribution >= 4 is 53.2 Å². The van der Waals surface area contributed by atoms with E-state index < -0.39 is 17.9 Å². The molecule has 0 saturated heterocycles. The summed E-state index contributed by atoms with van der Waals surface area (Å²) in [4.78, 5) is 46.4. The normalized spacial score (nSPS) is 11.3. The molecular formula is C63H60N9O6+3. The number of aromatic nitrogens is 3. The Labute approximate surface area is 455 Å². The minimum absolute atomic E-state index is 0.159. The van der Waals surface area contributed by atoms with Crippen LogP contribution in [0.1, 0.15) is 58.2 Å². The van der Waals surface area contributed by atoms with Gasteiger partial charge < -0.3 is 28.9 Å². The Hall–Kier alpha value is -10.2. The van der Waals surface area contributed by atoms with Gasteiger partial charge in [0.1, 0.15) is 52.2 Å². The molecule has 0 saturated carbocycles. The molecule has 6 aromatic carbocycles. The molecule has 7 aromatic rings. The van der Waals surface area contributed by atoms with E-state index >= 15 is 0 Å². The molecule has 78 heavy (non-hydrogen) atoms. The number of hydrogen-bond acceptors (Lipinski definition) is 12. The van der Waals surface area contributed by atoms with E-state index in [1.54, 1.807) is 72.8 Å². The zero-order valence-corrected chi connectivity index (χ0v) is 44.5. The second-order valence-corrected chi connectivity index (χ2v) is 17.5. The van der Waals surface area contributed by atoms with Gasteiger partial charge in [-0.1, -0.05) is 50.1 Å². The maximum atomic E-state index is 13.3. The fourth-order valence-electron chi connectivity index (χ4n) is 8.46. The average Bonchev–Trinajstić information content (AvgIpc) is 3.48. The third kappa shape index (κ3) is 14.2. The first-order chi connectivity index (χ1) is 37.9. The molecule has 1 heterocycles. The highest BCUT2D eigenvalue weighted by Crippen LogP contribution is 2.23. The lowest BCUT2D eigenvalue weighted by molar-refractivity contribution is -0.858. The van der Waals surface area contributed by atoms with Crippen molar-refractivity contribution in [1.29, 1.82) is 15.8 Å². The lowest BCUT2D eigenvalue weighted by atomic mass is 10.1. The highest BCUT2D eigenvalue weighted by atomic mass is 16.5. The van der Waals surface area contributed by atoms with Crippen molar-refractivity contribution in [3.05, 3.63) is 198 Å². The Morgan fingerprint density at radius 2 is 0.590 bits per heavy atom. The molecule has 0 aliphatic heterocycles. The molecule has 0 aliphatic rings. The highest BCUT2D eigenvalue weighted by Gasteiger charge is 2.26. The predicted molar refractivity (Wildman–Crippen MR) is 299 cm³/mol. The minimum Gasteiger partial charge on any atom is -0.422 e. The number of ether oxygens (including phenoxy) is 3. The van der Waals surface area contributed by atoms with Crippen LogP contribution in [0.15, 0.2) is 181 Å².